The van der Waals surface area contributed by atoms with Gasteiger partial charge in [-0.3, -0.25) is 4.98 Å². The van der Waals surface area contributed by atoms with Crippen molar-refractivity contribution in [2.45, 2.75) is 52.7 Å². The standard InChI is InChI=1S/C19H24BNO2/c1-13-10-11-17(14(2)21-13)15-8-7-9-16(12-15)20-22-18(3,4)19(5,6)23-20/h7-12H,1-6H3. The maximum atomic E-state index is 6.15. The molecule has 0 amide bonds. The predicted molar refractivity (Wildman–Crippen MR) is 94.9 cm³/mol. The topological polar surface area (TPSA) is 31.4 Å². The highest BCUT2D eigenvalue weighted by Gasteiger charge is 2.51. The van der Waals surface area contributed by atoms with Crippen LogP contribution in [0.25, 0.3) is 11.1 Å². The van der Waals surface area contributed by atoms with Gasteiger partial charge in [0, 0.05) is 17.0 Å². The second kappa shape index (κ2) is 5.46. The number of pyridine rings is 1. The van der Waals surface area contributed by atoms with Crippen molar-refractivity contribution in [3.63, 3.8) is 0 Å². The highest BCUT2D eigenvalue weighted by molar-refractivity contribution is 6.62. The summed E-state index contributed by atoms with van der Waals surface area (Å²) in [5, 5.41) is 0. The van der Waals surface area contributed by atoms with E-state index in [0.29, 0.717) is 0 Å². The molecule has 1 aromatic heterocycles. The fourth-order valence-electron chi connectivity index (χ4n) is 2.82. The minimum atomic E-state index is -0.335. The summed E-state index contributed by atoms with van der Waals surface area (Å²) in [6, 6.07) is 12.5. The van der Waals surface area contributed by atoms with E-state index in [1.807, 2.05) is 19.9 Å². The molecule has 23 heavy (non-hydrogen) atoms. The van der Waals surface area contributed by atoms with Gasteiger partial charge in [0.15, 0.2) is 0 Å². The van der Waals surface area contributed by atoms with Crippen LogP contribution in [0.1, 0.15) is 39.1 Å². The van der Waals surface area contributed by atoms with E-state index in [1.165, 1.54) is 0 Å². The molecular weight excluding hydrogens is 285 g/mol. The van der Waals surface area contributed by atoms with E-state index in [-0.39, 0.29) is 18.3 Å². The minimum absolute atomic E-state index is 0.324. The van der Waals surface area contributed by atoms with Crippen LogP contribution in [0.2, 0.25) is 0 Å². The van der Waals surface area contributed by atoms with Crippen molar-refractivity contribution in [2.24, 2.45) is 0 Å². The second-order valence-electron chi connectivity index (χ2n) is 7.30. The molecule has 0 N–H and O–H groups in total. The molecule has 2 aromatic rings. The van der Waals surface area contributed by atoms with E-state index in [2.05, 4.69) is 63.0 Å². The molecule has 0 unspecified atom stereocenters. The van der Waals surface area contributed by atoms with Crippen molar-refractivity contribution >= 4 is 12.6 Å². The first-order valence-corrected chi connectivity index (χ1v) is 8.10. The smallest absolute Gasteiger partial charge is 0.399 e. The average molecular weight is 309 g/mol. The predicted octanol–water partition coefficient (Wildman–Crippen LogP) is 3.66. The van der Waals surface area contributed by atoms with Gasteiger partial charge < -0.3 is 9.31 Å². The van der Waals surface area contributed by atoms with Crippen molar-refractivity contribution in [3.05, 3.63) is 47.8 Å². The normalized spacial score (nSPS) is 19.1. The number of hydrogen-bond acceptors (Lipinski definition) is 3. The summed E-state index contributed by atoms with van der Waals surface area (Å²) in [6.07, 6.45) is 0. The van der Waals surface area contributed by atoms with Crippen LogP contribution in [0.5, 0.6) is 0 Å². The highest BCUT2D eigenvalue weighted by atomic mass is 16.7. The molecule has 4 heteroatoms. The molecule has 3 nitrogen and oxygen atoms in total. The van der Waals surface area contributed by atoms with Gasteiger partial charge in [0.25, 0.3) is 0 Å². The summed E-state index contributed by atoms with van der Waals surface area (Å²) in [5.74, 6) is 0. The Balaban J connectivity index is 1.95. The van der Waals surface area contributed by atoms with Gasteiger partial charge in [0.2, 0.25) is 0 Å². The van der Waals surface area contributed by atoms with Crippen LogP contribution in [0.4, 0.5) is 0 Å². The molecule has 3 rings (SSSR count). The van der Waals surface area contributed by atoms with Crippen LogP contribution in [-0.2, 0) is 9.31 Å². The van der Waals surface area contributed by atoms with Gasteiger partial charge >= 0.3 is 7.12 Å². The van der Waals surface area contributed by atoms with Gasteiger partial charge in [0.05, 0.1) is 11.2 Å². The molecular formula is C19H24BNO2. The summed E-state index contributed by atoms with van der Waals surface area (Å²) in [6.45, 7) is 12.4. The van der Waals surface area contributed by atoms with Gasteiger partial charge in [-0.1, -0.05) is 30.3 Å². The first kappa shape index (κ1) is 16.2. The first-order chi connectivity index (χ1) is 10.7. The fourth-order valence-corrected chi connectivity index (χ4v) is 2.82. The Morgan fingerprint density at radius 1 is 0.913 bits per heavy atom. The zero-order valence-corrected chi connectivity index (χ0v) is 14.8. The highest BCUT2D eigenvalue weighted by Crippen LogP contribution is 2.36. The van der Waals surface area contributed by atoms with Gasteiger partial charge in [0.1, 0.15) is 0 Å². The van der Waals surface area contributed by atoms with Crippen molar-refractivity contribution in [1.29, 1.82) is 0 Å². The monoisotopic (exact) mass is 309 g/mol. The third-order valence-corrected chi connectivity index (χ3v) is 4.95. The summed E-state index contributed by atoms with van der Waals surface area (Å²) in [4.78, 5) is 4.56. The van der Waals surface area contributed by atoms with Gasteiger partial charge in [-0.2, -0.15) is 0 Å². The third kappa shape index (κ3) is 2.93. The Morgan fingerprint density at radius 2 is 1.57 bits per heavy atom. The lowest BCUT2D eigenvalue weighted by atomic mass is 9.78. The molecule has 0 atom stereocenters. The van der Waals surface area contributed by atoms with Crippen LogP contribution >= 0.6 is 0 Å². The van der Waals surface area contributed by atoms with Crippen LogP contribution in [0, 0.1) is 13.8 Å². The van der Waals surface area contributed by atoms with Crippen LogP contribution in [0.3, 0.4) is 0 Å². The summed E-state index contributed by atoms with van der Waals surface area (Å²) in [7, 11) is -0.335. The molecule has 1 aromatic carbocycles. The number of benzene rings is 1. The summed E-state index contributed by atoms with van der Waals surface area (Å²) < 4.78 is 12.3. The molecule has 0 spiro atoms. The summed E-state index contributed by atoms with van der Waals surface area (Å²) >= 11 is 0. The number of nitrogens with zero attached hydrogens (tertiary/aromatic N) is 1. The molecule has 1 fully saturated rings. The Bertz CT molecular complexity index is 724. The molecule has 0 aliphatic carbocycles. The number of hydrogen-bond donors (Lipinski definition) is 0. The molecule has 1 aliphatic rings. The largest absolute Gasteiger partial charge is 0.494 e. The van der Waals surface area contributed by atoms with E-state index >= 15 is 0 Å². The number of aromatic nitrogens is 1. The van der Waals surface area contributed by atoms with Gasteiger partial charge in [-0.05, 0) is 58.6 Å². The molecule has 0 saturated carbocycles. The molecule has 1 aliphatic heterocycles. The molecule has 0 radical (unpaired) electrons. The second-order valence-corrected chi connectivity index (χ2v) is 7.30. The van der Waals surface area contributed by atoms with E-state index in [9.17, 15) is 0 Å². The van der Waals surface area contributed by atoms with E-state index in [0.717, 1.165) is 28.0 Å². The van der Waals surface area contributed by atoms with Gasteiger partial charge in [-0.25, -0.2) is 0 Å². The van der Waals surface area contributed by atoms with E-state index in [4.69, 9.17) is 9.31 Å². The zero-order valence-electron chi connectivity index (χ0n) is 14.8. The SMILES string of the molecule is Cc1ccc(-c2cccc(B3OC(C)(C)C(C)(C)O3)c2)c(C)n1. The molecule has 1 saturated heterocycles. The van der Waals surface area contributed by atoms with Crippen molar-refractivity contribution in [3.8, 4) is 11.1 Å². The lowest BCUT2D eigenvalue weighted by molar-refractivity contribution is 0.00578. The van der Waals surface area contributed by atoms with Crippen LogP contribution in [-0.4, -0.2) is 23.3 Å². The van der Waals surface area contributed by atoms with Crippen LogP contribution in [0.15, 0.2) is 36.4 Å². The summed E-state index contributed by atoms with van der Waals surface area (Å²) in [5.41, 5.74) is 4.76. The quantitative estimate of drug-likeness (QED) is 0.793. The lowest BCUT2D eigenvalue weighted by Crippen LogP contribution is -2.41. The minimum Gasteiger partial charge on any atom is -0.399 e. The Labute approximate surface area is 139 Å². The number of aryl methyl sites for hydroxylation is 2. The molecule has 2 heterocycles. The Morgan fingerprint density at radius 3 is 2.17 bits per heavy atom. The average Bonchev–Trinajstić information content (AvgIpc) is 2.68. The van der Waals surface area contributed by atoms with E-state index < -0.39 is 0 Å². The zero-order chi connectivity index (χ0) is 16.8. The Kier molecular flexibility index (Phi) is 3.85. The fraction of sp³-hybridized carbons (Fsp3) is 0.421. The maximum Gasteiger partial charge on any atom is 0.494 e. The lowest BCUT2D eigenvalue weighted by Gasteiger charge is -2.32. The van der Waals surface area contributed by atoms with Crippen LogP contribution < -0.4 is 5.46 Å². The van der Waals surface area contributed by atoms with Gasteiger partial charge in [-0.15, -0.1) is 0 Å². The van der Waals surface area contributed by atoms with Crippen molar-refractivity contribution in [2.75, 3.05) is 0 Å². The van der Waals surface area contributed by atoms with Crippen molar-refractivity contribution in [1.82, 2.24) is 4.98 Å². The molecule has 0 bridgehead atoms. The Hall–Kier alpha value is -1.65. The maximum absolute atomic E-state index is 6.15. The van der Waals surface area contributed by atoms with Crippen molar-refractivity contribution < 1.29 is 9.31 Å². The molecule has 120 valence electrons. The number of rotatable bonds is 2. The van der Waals surface area contributed by atoms with E-state index in [1.54, 1.807) is 0 Å². The third-order valence-electron chi connectivity index (χ3n) is 4.95. The first-order valence-electron chi connectivity index (χ1n) is 8.10.